The molecule has 20 heavy (non-hydrogen) atoms. The van der Waals surface area contributed by atoms with Gasteiger partial charge in [-0.2, -0.15) is 5.26 Å². The molecule has 1 aromatic carbocycles. The normalized spacial score (nSPS) is 10.9. The lowest BCUT2D eigenvalue weighted by Gasteiger charge is -2.24. The van der Waals surface area contributed by atoms with Crippen molar-refractivity contribution in [2.45, 2.75) is 40.2 Å². The second kappa shape index (κ2) is 7.76. The van der Waals surface area contributed by atoms with Crippen LogP contribution < -0.4 is 10.1 Å². The SMILES string of the molecule is CCOc1ccc(NCC(C)(C)CCC#N)cc1CO. The van der Waals surface area contributed by atoms with Gasteiger partial charge in [-0.3, -0.25) is 0 Å². The van der Waals surface area contributed by atoms with E-state index in [1.54, 1.807) is 0 Å². The Balaban J connectivity index is 2.67. The summed E-state index contributed by atoms with van der Waals surface area (Å²) in [5, 5.41) is 21.4. The lowest BCUT2D eigenvalue weighted by atomic mass is 9.88. The smallest absolute Gasteiger partial charge is 0.124 e. The molecule has 0 bridgehead atoms. The van der Waals surface area contributed by atoms with Gasteiger partial charge >= 0.3 is 0 Å². The molecule has 0 saturated heterocycles. The van der Waals surface area contributed by atoms with Crippen molar-refractivity contribution in [3.8, 4) is 11.8 Å². The summed E-state index contributed by atoms with van der Waals surface area (Å²) in [5.74, 6) is 0.726. The predicted octanol–water partition coefficient (Wildman–Crippen LogP) is 3.32. The number of anilines is 1. The highest BCUT2D eigenvalue weighted by Crippen LogP contribution is 2.26. The van der Waals surface area contributed by atoms with Gasteiger partial charge in [0.15, 0.2) is 0 Å². The first kappa shape index (κ1) is 16.3. The van der Waals surface area contributed by atoms with Crippen LogP contribution in [0.5, 0.6) is 5.75 Å². The van der Waals surface area contributed by atoms with Crippen LogP contribution in [0.4, 0.5) is 5.69 Å². The number of aliphatic hydroxyl groups is 1. The van der Waals surface area contributed by atoms with E-state index in [1.807, 2.05) is 25.1 Å². The molecule has 4 nitrogen and oxygen atoms in total. The number of aliphatic hydroxyl groups excluding tert-OH is 1. The highest BCUT2D eigenvalue weighted by molar-refractivity contribution is 5.51. The molecule has 0 unspecified atom stereocenters. The van der Waals surface area contributed by atoms with E-state index in [0.29, 0.717) is 13.0 Å². The van der Waals surface area contributed by atoms with Crippen LogP contribution >= 0.6 is 0 Å². The average Bonchev–Trinajstić information content (AvgIpc) is 2.44. The van der Waals surface area contributed by atoms with E-state index in [0.717, 1.165) is 30.0 Å². The number of hydrogen-bond acceptors (Lipinski definition) is 4. The molecule has 4 heteroatoms. The fraction of sp³-hybridized carbons (Fsp3) is 0.562. The molecule has 0 atom stereocenters. The molecule has 0 radical (unpaired) electrons. The Kier molecular flexibility index (Phi) is 6.33. The minimum Gasteiger partial charge on any atom is -0.494 e. The van der Waals surface area contributed by atoms with Gasteiger partial charge in [0.25, 0.3) is 0 Å². The Morgan fingerprint density at radius 2 is 2.15 bits per heavy atom. The van der Waals surface area contributed by atoms with Crippen molar-refractivity contribution in [3.63, 3.8) is 0 Å². The van der Waals surface area contributed by atoms with E-state index >= 15 is 0 Å². The van der Waals surface area contributed by atoms with Gasteiger partial charge < -0.3 is 15.2 Å². The maximum Gasteiger partial charge on any atom is 0.124 e. The molecule has 2 N–H and O–H groups in total. The van der Waals surface area contributed by atoms with Gasteiger partial charge in [0.05, 0.1) is 19.3 Å². The molecule has 1 aromatic rings. The van der Waals surface area contributed by atoms with Crippen LogP contribution in [0.25, 0.3) is 0 Å². The number of ether oxygens (including phenoxy) is 1. The van der Waals surface area contributed by atoms with E-state index in [-0.39, 0.29) is 12.0 Å². The molecule has 1 rings (SSSR count). The minimum atomic E-state index is -0.0390. The summed E-state index contributed by atoms with van der Waals surface area (Å²) in [4.78, 5) is 0. The first-order valence-electron chi connectivity index (χ1n) is 7.00. The van der Waals surface area contributed by atoms with Gasteiger partial charge in [-0.15, -0.1) is 0 Å². The maximum atomic E-state index is 9.37. The molecular formula is C16H24N2O2. The summed E-state index contributed by atoms with van der Waals surface area (Å²) in [5.41, 5.74) is 1.81. The van der Waals surface area contributed by atoms with Crippen LogP contribution in [0, 0.1) is 16.7 Å². The Morgan fingerprint density at radius 3 is 2.75 bits per heavy atom. The number of nitriles is 1. The van der Waals surface area contributed by atoms with E-state index in [2.05, 4.69) is 25.2 Å². The molecule has 0 heterocycles. The molecule has 110 valence electrons. The zero-order chi connectivity index (χ0) is 15.0. The topological polar surface area (TPSA) is 65.3 Å². The molecule has 0 amide bonds. The van der Waals surface area contributed by atoms with Gasteiger partial charge in [-0.1, -0.05) is 13.8 Å². The Hall–Kier alpha value is -1.73. The minimum absolute atomic E-state index is 0.0390. The fourth-order valence-corrected chi connectivity index (χ4v) is 1.93. The second-order valence-corrected chi connectivity index (χ2v) is 5.59. The summed E-state index contributed by atoms with van der Waals surface area (Å²) in [6.45, 7) is 7.53. The van der Waals surface area contributed by atoms with Gasteiger partial charge in [0, 0.05) is 24.2 Å². The molecule has 0 fully saturated rings. The third-order valence-electron chi connectivity index (χ3n) is 3.22. The molecule has 0 spiro atoms. The molecular weight excluding hydrogens is 252 g/mol. The largest absolute Gasteiger partial charge is 0.494 e. The Labute approximate surface area is 121 Å². The predicted molar refractivity (Wildman–Crippen MR) is 80.7 cm³/mol. The third-order valence-corrected chi connectivity index (χ3v) is 3.22. The van der Waals surface area contributed by atoms with Crippen molar-refractivity contribution in [1.82, 2.24) is 0 Å². The highest BCUT2D eigenvalue weighted by Gasteiger charge is 2.17. The first-order chi connectivity index (χ1) is 9.52. The zero-order valence-corrected chi connectivity index (χ0v) is 12.6. The van der Waals surface area contributed by atoms with E-state index in [9.17, 15) is 5.11 Å². The summed E-state index contributed by atoms with van der Waals surface area (Å²) in [6.07, 6.45) is 1.43. The Bertz CT molecular complexity index is 464. The first-order valence-corrected chi connectivity index (χ1v) is 7.00. The van der Waals surface area contributed by atoms with Crippen LogP contribution in [0.1, 0.15) is 39.2 Å². The fourth-order valence-electron chi connectivity index (χ4n) is 1.93. The monoisotopic (exact) mass is 276 g/mol. The van der Waals surface area contributed by atoms with E-state index < -0.39 is 0 Å². The summed E-state index contributed by atoms with van der Waals surface area (Å²) < 4.78 is 5.46. The number of rotatable bonds is 8. The summed E-state index contributed by atoms with van der Waals surface area (Å²) in [7, 11) is 0. The van der Waals surface area contributed by atoms with Crippen molar-refractivity contribution < 1.29 is 9.84 Å². The second-order valence-electron chi connectivity index (χ2n) is 5.59. The van der Waals surface area contributed by atoms with Crippen LogP contribution in [-0.4, -0.2) is 18.3 Å². The molecule has 0 aromatic heterocycles. The van der Waals surface area contributed by atoms with Crippen LogP contribution in [0.2, 0.25) is 0 Å². The van der Waals surface area contributed by atoms with Gasteiger partial charge in [-0.05, 0) is 37.0 Å². The number of nitrogens with one attached hydrogen (secondary N) is 1. The standard InChI is InChI=1S/C16H24N2O2/c1-4-20-15-7-6-14(10-13(15)11-19)18-12-16(2,3)8-5-9-17/h6-7,10,18-19H,4-5,8,11-12H2,1-3H3. The molecule has 0 aliphatic heterocycles. The highest BCUT2D eigenvalue weighted by atomic mass is 16.5. The van der Waals surface area contributed by atoms with E-state index in [1.165, 1.54) is 0 Å². The third kappa shape index (κ3) is 5.10. The van der Waals surface area contributed by atoms with Crippen molar-refractivity contribution in [1.29, 1.82) is 5.26 Å². The van der Waals surface area contributed by atoms with Crippen LogP contribution in [-0.2, 0) is 6.61 Å². The van der Waals surface area contributed by atoms with Crippen LogP contribution in [0.15, 0.2) is 18.2 Å². The Morgan fingerprint density at radius 1 is 1.40 bits per heavy atom. The number of nitrogens with zero attached hydrogens (tertiary/aromatic N) is 1. The number of benzene rings is 1. The van der Waals surface area contributed by atoms with Crippen molar-refractivity contribution in [3.05, 3.63) is 23.8 Å². The summed E-state index contributed by atoms with van der Waals surface area (Å²) >= 11 is 0. The summed E-state index contributed by atoms with van der Waals surface area (Å²) in [6, 6.07) is 7.92. The van der Waals surface area contributed by atoms with E-state index in [4.69, 9.17) is 10.00 Å². The number of hydrogen-bond donors (Lipinski definition) is 2. The maximum absolute atomic E-state index is 9.37. The quantitative estimate of drug-likeness (QED) is 0.764. The zero-order valence-electron chi connectivity index (χ0n) is 12.6. The van der Waals surface area contributed by atoms with Crippen molar-refractivity contribution in [2.75, 3.05) is 18.5 Å². The lowest BCUT2D eigenvalue weighted by Crippen LogP contribution is -2.23. The molecule has 0 aliphatic rings. The van der Waals surface area contributed by atoms with Crippen molar-refractivity contribution in [2.24, 2.45) is 5.41 Å². The van der Waals surface area contributed by atoms with Crippen LogP contribution in [0.3, 0.4) is 0 Å². The lowest BCUT2D eigenvalue weighted by molar-refractivity contribution is 0.267. The van der Waals surface area contributed by atoms with Crippen molar-refractivity contribution >= 4 is 5.69 Å². The van der Waals surface area contributed by atoms with Gasteiger partial charge in [0.2, 0.25) is 0 Å². The molecule has 0 aliphatic carbocycles. The molecule has 0 saturated carbocycles. The average molecular weight is 276 g/mol. The van der Waals surface area contributed by atoms with Gasteiger partial charge in [-0.25, -0.2) is 0 Å². The van der Waals surface area contributed by atoms with Gasteiger partial charge in [0.1, 0.15) is 5.75 Å².